The number of pyridine rings is 1. The molecule has 5 heterocycles. The topological polar surface area (TPSA) is 133 Å². The van der Waals surface area contributed by atoms with Crippen molar-refractivity contribution in [2.45, 2.75) is 18.9 Å². The third kappa shape index (κ3) is 3.49. The highest BCUT2D eigenvalue weighted by Gasteiger charge is 2.29. The van der Waals surface area contributed by atoms with Crippen LogP contribution < -0.4 is 11.3 Å². The monoisotopic (exact) mass is 511 g/mol. The molecule has 0 unspecified atom stereocenters. The number of aromatic amines is 1. The van der Waals surface area contributed by atoms with Crippen LogP contribution >= 0.6 is 34.5 Å². The summed E-state index contributed by atoms with van der Waals surface area (Å²) in [5.74, 6) is 0.623. The SMILES string of the molecule is Nc1ncc(-c2nc([C@@H]3CCc4cc(-c5cc(Cl)ccc5-n5cnnn5)cc(=O)n43)[nH]c2Cl)s1. The zero-order chi connectivity index (χ0) is 23.4. The molecule has 34 heavy (non-hydrogen) atoms. The number of hydrogen-bond acceptors (Lipinski definition) is 8. The summed E-state index contributed by atoms with van der Waals surface area (Å²) in [6.07, 6.45) is 4.55. The predicted molar refractivity (Wildman–Crippen MR) is 129 cm³/mol. The van der Waals surface area contributed by atoms with Crippen LogP contribution in [0, 0.1) is 0 Å². The zero-order valence-corrected chi connectivity index (χ0v) is 19.6. The molecule has 0 saturated heterocycles. The van der Waals surface area contributed by atoms with Gasteiger partial charge in [-0.3, -0.25) is 4.79 Å². The molecule has 0 aliphatic carbocycles. The molecule has 10 nitrogen and oxygen atoms in total. The fourth-order valence-corrected chi connectivity index (χ4v) is 5.46. The number of rotatable bonds is 4. The van der Waals surface area contributed by atoms with Crippen LogP contribution in [0.2, 0.25) is 10.2 Å². The summed E-state index contributed by atoms with van der Waals surface area (Å²) >= 11 is 14.0. The minimum atomic E-state index is -0.258. The first-order valence-electron chi connectivity index (χ1n) is 10.2. The molecule has 0 bridgehead atoms. The summed E-state index contributed by atoms with van der Waals surface area (Å²) in [7, 11) is 0. The number of halogens is 2. The Kier molecular flexibility index (Phi) is 4.97. The average molecular weight is 512 g/mol. The van der Waals surface area contributed by atoms with Crippen molar-refractivity contribution in [2.75, 3.05) is 5.73 Å². The van der Waals surface area contributed by atoms with Crippen molar-refractivity contribution in [3.63, 3.8) is 0 Å². The van der Waals surface area contributed by atoms with Crippen LogP contribution in [0.4, 0.5) is 5.13 Å². The average Bonchev–Trinajstić information content (AvgIpc) is 3.60. The van der Waals surface area contributed by atoms with E-state index in [0.29, 0.717) is 39.7 Å². The number of benzene rings is 1. The highest BCUT2D eigenvalue weighted by molar-refractivity contribution is 7.18. The quantitative estimate of drug-likeness (QED) is 0.375. The van der Waals surface area contributed by atoms with Crippen LogP contribution in [0.5, 0.6) is 0 Å². The zero-order valence-electron chi connectivity index (χ0n) is 17.3. The molecule has 1 aliphatic rings. The van der Waals surface area contributed by atoms with Crippen LogP contribution in [0.15, 0.2) is 47.7 Å². The molecule has 0 amide bonds. The van der Waals surface area contributed by atoms with Gasteiger partial charge in [-0.05, 0) is 53.1 Å². The van der Waals surface area contributed by atoms with Gasteiger partial charge in [0.2, 0.25) is 0 Å². The lowest BCUT2D eigenvalue weighted by atomic mass is 10.0. The maximum Gasteiger partial charge on any atom is 0.252 e. The number of aromatic nitrogens is 8. The summed E-state index contributed by atoms with van der Waals surface area (Å²) in [6.45, 7) is 0. The van der Waals surface area contributed by atoms with E-state index in [-0.39, 0.29) is 11.6 Å². The fourth-order valence-electron chi connectivity index (χ4n) is 4.31. The first-order chi connectivity index (χ1) is 16.5. The van der Waals surface area contributed by atoms with Crippen molar-refractivity contribution in [1.82, 2.24) is 39.7 Å². The molecule has 4 aromatic heterocycles. The van der Waals surface area contributed by atoms with Gasteiger partial charge in [0.1, 0.15) is 23.0 Å². The number of nitrogen functional groups attached to an aromatic ring is 1. The second-order valence-electron chi connectivity index (χ2n) is 7.76. The van der Waals surface area contributed by atoms with E-state index in [2.05, 4.69) is 30.5 Å². The van der Waals surface area contributed by atoms with Gasteiger partial charge in [0, 0.05) is 28.5 Å². The molecule has 3 N–H and O–H groups in total. The molecular weight excluding hydrogens is 497 g/mol. The maximum atomic E-state index is 13.3. The van der Waals surface area contributed by atoms with Gasteiger partial charge in [-0.15, -0.1) is 5.10 Å². The van der Waals surface area contributed by atoms with Crippen LogP contribution in [0.1, 0.15) is 24.0 Å². The highest BCUT2D eigenvalue weighted by Crippen LogP contribution is 2.37. The molecular formula is C21H15Cl2N9OS. The minimum absolute atomic E-state index is 0.145. The second kappa shape index (κ2) is 8.05. The van der Waals surface area contributed by atoms with E-state index in [1.807, 2.05) is 12.1 Å². The van der Waals surface area contributed by atoms with E-state index < -0.39 is 0 Å². The van der Waals surface area contributed by atoms with Crippen LogP contribution in [0.25, 0.3) is 27.4 Å². The van der Waals surface area contributed by atoms with Gasteiger partial charge in [-0.1, -0.05) is 34.5 Å². The molecule has 6 rings (SSSR count). The Morgan fingerprint density at radius 1 is 1.21 bits per heavy atom. The van der Waals surface area contributed by atoms with Gasteiger partial charge in [-0.25, -0.2) is 9.97 Å². The summed E-state index contributed by atoms with van der Waals surface area (Å²) in [5, 5.41) is 12.8. The fraction of sp³-hybridized carbons (Fsp3) is 0.143. The van der Waals surface area contributed by atoms with Crippen LogP contribution in [0.3, 0.4) is 0 Å². The van der Waals surface area contributed by atoms with Crippen LogP contribution in [-0.4, -0.2) is 39.7 Å². The lowest BCUT2D eigenvalue weighted by Crippen LogP contribution is -2.23. The number of H-pyrrole nitrogens is 1. The van der Waals surface area contributed by atoms with E-state index in [9.17, 15) is 4.79 Å². The van der Waals surface area contributed by atoms with E-state index in [0.717, 1.165) is 27.4 Å². The number of thiazole rings is 1. The van der Waals surface area contributed by atoms with Crippen molar-refractivity contribution in [3.8, 4) is 27.4 Å². The van der Waals surface area contributed by atoms with Gasteiger partial charge in [0.05, 0.1) is 16.6 Å². The lowest BCUT2D eigenvalue weighted by Gasteiger charge is -2.14. The molecule has 1 atom stereocenters. The van der Waals surface area contributed by atoms with Crippen molar-refractivity contribution in [1.29, 1.82) is 0 Å². The first-order valence-corrected chi connectivity index (χ1v) is 11.8. The number of hydrogen-bond donors (Lipinski definition) is 2. The highest BCUT2D eigenvalue weighted by atomic mass is 35.5. The third-order valence-electron chi connectivity index (χ3n) is 5.75. The molecule has 0 fully saturated rings. The number of nitrogens with two attached hydrogens (primary N) is 1. The molecule has 5 aromatic rings. The van der Waals surface area contributed by atoms with Crippen molar-refractivity contribution >= 4 is 39.7 Å². The summed E-state index contributed by atoms with van der Waals surface area (Å²) in [5.41, 5.74) is 9.30. The number of aryl methyl sites for hydroxylation is 1. The Hall–Kier alpha value is -3.54. The number of nitrogens with one attached hydrogen (secondary N) is 1. The summed E-state index contributed by atoms with van der Waals surface area (Å²) < 4.78 is 3.29. The van der Waals surface area contributed by atoms with Gasteiger partial charge in [0.15, 0.2) is 5.13 Å². The number of tetrazole rings is 1. The minimum Gasteiger partial charge on any atom is -0.375 e. The maximum absolute atomic E-state index is 13.3. The van der Waals surface area contributed by atoms with E-state index in [1.54, 1.807) is 29.0 Å². The van der Waals surface area contributed by atoms with Crippen molar-refractivity contribution in [2.24, 2.45) is 0 Å². The molecule has 1 aliphatic heterocycles. The largest absolute Gasteiger partial charge is 0.375 e. The normalized spacial score (nSPS) is 15.1. The number of anilines is 1. The number of fused-ring (bicyclic) bond motifs is 1. The summed E-state index contributed by atoms with van der Waals surface area (Å²) in [4.78, 5) is 26.0. The van der Waals surface area contributed by atoms with E-state index in [1.165, 1.54) is 22.3 Å². The van der Waals surface area contributed by atoms with E-state index >= 15 is 0 Å². The van der Waals surface area contributed by atoms with Crippen molar-refractivity contribution in [3.05, 3.63) is 74.9 Å². The molecule has 0 spiro atoms. The van der Waals surface area contributed by atoms with Gasteiger partial charge >= 0.3 is 0 Å². The summed E-state index contributed by atoms with van der Waals surface area (Å²) in [6, 6.07) is 8.71. The number of nitrogens with zero attached hydrogens (tertiary/aromatic N) is 7. The number of imidazole rings is 1. The molecule has 170 valence electrons. The van der Waals surface area contributed by atoms with Gasteiger partial charge < -0.3 is 15.3 Å². The Bertz CT molecular complexity index is 1590. The Balaban J connectivity index is 1.42. The first kappa shape index (κ1) is 21.0. The van der Waals surface area contributed by atoms with Gasteiger partial charge in [-0.2, -0.15) is 4.68 Å². The standard InChI is InChI=1S/C21H15Cl2N9OS/c22-11-1-3-14(31-9-26-29-30-31)13(7-11)10-5-12-2-4-15(32(12)17(33)6-10)20-27-18(19(23)28-20)16-8-25-21(24)34-16/h1,3,5-9,15H,2,4H2,(H2,24,25)(H,27,28)/t15-/m0/s1. The van der Waals surface area contributed by atoms with Gasteiger partial charge in [0.25, 0.3) is 5.56 Å². The van der Waals surface area contributed by atoms with E-state index in [4.69, 9.17) is 28.9 Å². The molecule has 1 aromatic carbocycles. The Labute approximate surface area is 206 Å². The molecule has 13 heteroatoms. The van der Waals surface area contributed by atoms with Crippen molar-refractivity contribution < 1.29 is 0 Å². The molecule has 0 radical (unpaired) electrons. The second-order valence-corrected chi connectivity index (χ2v) is 9.64. The molecule has 0 saturated carbocycles. The smallest absolute Gasteiger partial charge is 0.252 e. The Morgan fingerprint density at radius 2 is 2.09 bits per heavy atom. The predicted octanol–water partition coefficient (Wildman–Crippen LogP) is 3.76. The Morgan fingerprint density at radius 3 is 2.85 bits per heavy atom. The lowest BCUT2D eigenvalue weighted by molar-refractivity contribution is 0.572. The van der Waals surface area contributed by atoms with Crippen LogP contribution in [-0.2, 0) is 6.42 Å². The third-order valence-corrected chi connectivity index (χ3v) is 7.09.